The zero-order valence-corrected chi connectivity index (χ0v) is 15.7. The molecule has 0 aromatic carbocycles. The summed E-state index contributed by atoms with van der Waals surface area (Å²) in [7, 11) is 0. The number of likely N-dealkylation sites (tertiary alicyclic amines) is 1. The number of aromatic nitrogens is 2. The molecule has 3 heterocycles. The molecule has 1 aliphatic rings. The summed E-state index contributed by atoms with van der Waals surface area (Å²) < 4.78 is 1.74. The molecule has 0 spiro atoms. The number of fused-ring (bicyclic) bond motifs is 1. The molecule has 0 saturated carbocycles. The van der Waals surface area contributed by atoms with Gasteiger partial charge in [-0.2, -0.15) is 0 Å². The maximum atomic E-state index is 13.0. The van der Waals surface area contributed by atoms with Gasteiger partial charge < -0.3 is 10.2 Å². The highest BCUT2D eigenvalue weighted by Crippen LogP contribution is 2.17. The second kappa shape index (κ2) is 8.34. The molecule has 0 radical (unpaired) electrons. The molecule has 1 saturated heterocycles. The lowest BCUT2D eigenvalue weighted by molar-refractivity contribution is 0.0748. The Kier molecular flexibility index (Phi) is 5.91. The summed E-state index contributed by atoms with van der Waals surface area (Å²) in [6.45, 7) is 6.37. The van der Waals surface area contributed by atoms with Crippen molar-refractivity contribution in [2.24, 2.45) is 5.92 Å². The smallest absolute Gasteiger partial charge is 0.290 e. The number of amides is 2. The van der Waals surface area contributed by atoms with Crippen LogP contribution in [0, 0.1) is 5.92 Å². The standard InChI is InChI=1S/C20H28N4O2/c1-15(2)10-11-21-19(25)17-16-9-5-8-14-24(16)18(22-17)20(26)23-12-6-3-4-7-13-23/h5,8-9,14-15H,3-4,6-7,10-13H2,1-2H3,(H,21,25). The first-order chi connectivity index (χ1) is 12.6. The van der Waals surface area contributed by atoms with Gasteiger partial charge in [-0.15, -0.1) is 0 Å². The summed E-state index contributed by atoms with van der Waals surface area (Å²) >= 11 is 0. The number of hydrogen-bond acceptors (Lipinski definition) is 3. The summed E-state index contributed by atoms with van der Waals surface area (Å²) in [5, 5.41) is 2.92. The average molecular weight is 356 g/mol. The van der Waals surface area contributed by atoms with Gasteiger partial charge in [0.1, 0.15) is 0 Å². The molecule has 1 N–H and O–H groups in total. The lowest BCUT2D eigenvalue weighted by Crippen LogP contribution is -2.33. The van der Waals surface area contributed by atoms with Crippen molar-refractivity contribution in [2.45, 2.75) is 46.0 Å². The second-order valence-corrected chi connectivity index (χ2v) is 7.38. The van der Waals surface area contributed by atoms with E-state index in [4.69, 9.17) is 0 Å². The van der Waals surface area contributed by atoms with Crippen molar-refractivity contribution in [3.63, 3.8) is 0 Å². The van der Waals surface area contributed by atoms with Gasteiger partial charge in [-0.1, -0.05) is 32.8 Å². The predicted octanol–water partition coefficient (Wildman–Crippen LogP) is 3.13. The first-order valence-electron chi connectivity index (χ1n) is 9.62. The third-order valence-corrected chi connectivity index (χ3v) is 4.86. The third-order valence-electron chi connectivity index (χ3n) is 4.86. The van der Waals surface area contributed by atoms with Crippen molar-refractivity contribution < 1.29 is 9.59 Å². The van der Waals surface area contributed by atoms with Crippen LogP contribution in [0.2, 0.25) is 0 Å². The molecule has 2 amide bonds. The average Bonchev–Trinajstić information content (AvgIpc) is 2.81. The molecule has 26 heavy (non-hydrogen) atoms. The van der Waals surface area contributed by atoms with Gasteiger partial charge >= 0.3 is 0 Å². The largest absolute Gasteiger partial charge is 0.351 e. The van der Waals surface area contributed by atoms with E-state index in [9.17, 15) is 9.59 Å². The van der Waals surface area contributed by atoms with Crippen LogP contribution in [0.5, 0.6) is 0 Å². The number of imidazole rings is 1. The topological polar surface area (TPSA) is 66.7 Å². The van der Waals surface area contributed by atoms with E-state index in [0.29, 0.717) is 29.5 Å². The number of nitrogens with one attached hydrogen (secondary N) is 1. The number of carbonyl (C=O) groups is 2. The van der Waals surface area contributed by atoms with E-state index < -0.39 is 0 Å². The summed E-state index contributed by atoms with van der Waals surface area (Å²) in [5.41, 5.74) is 1.00. The molecule has 0 aliphatic carbocycles. The number of carbonyl (C=O) groups excluding carboxylic acids is 2. The molecule has 6 heteroatoms. The maximum Gasteiger partial charge on any atom is 0.290 e. The molecule has 0 atom stereocenters. The van der Waals surface area contributed by atoms with Gasteiger partial charge in [-0.25, -0.2) is 4.98 Å². The molecule has 2 aromatic rings. The fourth-order valence-corrected chi connectivity index (χ4v) is 3.33. The lowest BCUT2D eigenvalue weighted by atomic mass is 10.1. The summed E-state index contributed by atoms with van der Waals surface area (Å²) in [6, 6.07) is 5.56. The van der Waals surface area contributed by atoms with Gasteiger partial charge in [0.2, 0.25) is 5.82 Å². The van der Waals surface area contributed by atoms with Gasteiger partial charge in [0, 0.05) is 25.8 Å². The highest BCUT2D eigenvalue weighted by Gasteiger charge is 2.25. The van der Waals surface area contributed by atoms with E-state index >= 15 is 0 Å². The Bertz CT molecular complexity index is 773. The summed E-state index contributed by atoms with van der Waals surface area (Å²) in [6.07, 6.45) is 7.09. The van der Waals surface area contributed by atoms with Crippen LogP contribution in [0.4, 0.5) is 0 Å². The SMILES string of the molecule is CC(C)CCNC(=O)c1nc(C(=O)N2CCCCCC2)n2ccccc12. The molecular formula is C20H28N4O2. The Morgan fingerprint density at radius 2 is 1.88 bits per heavy atom. The lowest BCUT2D eigenvalue weighted by Gasteiger charge is -2.19. The maximum absolute atomic E-state index is 13.0. The van der Waals surface area contributed by atoms with Crippen LogP contribution in [-0.4, -0.2) is 45.7 Å². The highest BCUT2D eigenvalue weighted by atomic mass is 16.2. The molecule has 2 aromatic heterocycles. The molecule has 6 nitrogen and oxygen atoms in total. The van der Waals surface area contributed by atoms with Crippen molar-refractivity contribution in [1.29, 1.82) is 0 Å². The molecule has 1 aliphatic heterocycles. The van der Waals surface area contributed by atoms with Gasteiger partial charge in [0.05, 0.1) is 5.52 Å². The Labute approximate surface area is 154 Å². The second-order valence-electron chi connectivity index (χ2n) is 7.38. The Morgan fingerprint density at radius 3 is 2.58 bits per heavy atom. The van der Waals surface area contributed by atoms with Crippen molar-refractivity contribution in [1.82, 2.24) is 19.6 Å². The van der Waals surface area contributed by atoms with Crippen LogP contribution in [0.3, 0.4) is 0 Å². The summed E-state index contributed by atoms with van der Waals surface area (Å²) in [5.74, 6) is 0.546. The number of nitrogens with zero attached hydrogens (tertiary/aromatic N) is 3. The molecular weight excluding hydrogens is 328 g/mol. The number of hydrogen-bond donors (Lipinski definition) is 1. The highest BCUT2D eigenvalue weighted by molar-refractivity contribution is 6.02. The molecule has 3 rings (SSSR count). The van der Waals surface area contributed by atoms with E-state index in [1.54, 1.807) is 10.6 Å². The molecule has 0 unspecified atom stereocenters. The van der Waals surface area contributed by atoms with Crippen molar-refractivity contribution in [2.75, 3.05) is 19.6 Å². The van der Waals surface area contributed by atoms with Crippen LogP contribution >= 0.6 is 0 Å². The van der Waals surface area contributed by atoms with Crippen LogP contribution in [-0.2, 0) is 0 Å². The van der Waals surface area contributed by atoms with E-state index in [1.807, 2.05) is 23.1 Å². The molecule has 1 fully saturated rings. The Hall–Kier alpha value is -2.37. The predicted molar refractivity (Wildman–Crippen MR) is 101 cm³/mol. The van der Waals surface area contributed by atoms with Crippen molar-refractivity contribution in [3.05, 3.63) is 35.9 Å². The van der Waals surface area contributed by atoms with Gasteiger partial charge in [-0.3, -0.25) is 14.0 Å². The first kappa shape index (κ1) is 18.4. The zero-order valence-electron chi connectivity index (χ0n) is 15.7. The Balaban J connectivity index is 1.87. The van der Waals surface area contributed by atoms with E-state index in [0.717, 1.165) is 45.2 Å². The number of pyridine rings is 1. The minimum Gasteiger partial charge on any atom is -0.351 e. The van der Waals surface area contributed by atoms with Crippen LogP contribution in [0.15, 0.2) is 24.4 Å². The van der Waals surface area contributed by atoms with E-state index in [-0.39, 0.29) is 11.8 Å². The van der Waals surface area contributed by atoms with E-state index in [2.05, 4.69) is 24.1 Å². The minimum absolute atomic E-state index is 0.0886. The fourth-order valence-electron chi connectivity index (χ4n) is 3.33. The normalized spacial score (nSPS) is 15.3. The third kappa shape index (κ3) is 4.06. The molecule has 140 valence electrons. The van der Waals surface area contributed by atoms with Crippen LogP contribution in [0.1, 0.15) is 67.1 Å². The quantitative estimate of drug-likeness (QED) is 0.895. The Morgan fingerprint density at radius 1 is 1.15 bits per heavy atom. The van der Waals surface area contributed by atoms with Crippen molar-refractivity contribution in [3.8, 4) is 0 Å². The van der Waals surface area contributed by atoms with Crippen molar-refractivity contribution >= 4 is 17.3 Å². The summed E-state index contributed by atoms with van der Waals surface area (Å²) in [4.78, 5) is 31.9. The van der Waals surface area contributed by atoms with Gasteiger partial charge in [0.15, 0.2) is 5.69 Å². The van der Waals surface area contributed by atoms with Crippen LogP contribution < -0.4 is 5.32 Å². The first-order valence-corrected chi connectivity index (χ1v) is 9.62. The molecule has 0 bridgehead atoms. The monoisotopic (exact) mass is 356 g/mol. The number of rotatable bonds is 5. The van der Waals surface area contributed by atoms with E-state index in [1.165, 1.54) is 0 Å². The fraction of sp³-hybridized carbons (Fsp3) is 0.550. The zero-order chi connectivity index (χ0) is 18.5. The van der Waals surface area contributed by atoms with Crippen LogP contribution in [0.25, 0.3) is 5.52 Å². The minimum atomic E-state index is -0.218. The van der Waals surface area contributed by atoms with Gasteiger partial charge in [-0.05, 0) is 37.3 Å². The van der Waals surface area contributed by atoms with Gasteiger partial charge in [0.25, 0.3) is 11.8 Å².